The van der Waals surface area contributed by atoms with E-state index in [1.807, 2.05) is 66.7 Å². The van der Waals surface area contributed by atoms with E-state index in [0.29, 0.717) is 11.1 Å². The maximum Gasteiger partial charge on any atom is 0.340 e. The van der Waals surface area contributed by atoms with Crippen molar-refractivity contribution in [3.63, 3.8) is 0 Å². The van der Waals surface area contributed by atoms with E-state index >= 15 is 0 Å². The molecule has 0 saturated heterocycles. The van der Waals surface area contributed by atoms with Crippen LogP contribution in [0.2, 0.25) is 0 Å². The first-order valence-corrected chi connectivity index (χ1v) is 9.44. The summed E-state index contributed by atoms with van der Waals surface area (Å²) in [6.07, 6.45) is -1.00. The fourth-order valence-electron chi connectivity index (χ4n) is 3.52. The molecule has 0 unspecified atom stereocenters. The lowest BCUT2D eigenvalue weighted by atomic mass is 9.97. The molecule has 0 heterocycles. The Bertz CT molecular complexity index is 1140. The van der Waals surface area contributed by atoms with E-state index in [4.69, 9.17) is 4.74 Å². The Labute approximate surface area is 169 Å². The van der Waals surface area contributed by atoms with Crippen molar-refractivity contribution in [2.45, 2.75) is 6.10 Å². The van der Waals surface area contributed by atoms with Crippen LogP contribution in [0.3, 0.4) is 0 Å². The summed E-state index contributed by atoms with van der Waals surface area (Å²) >= 11 is 0. The van der Waals surface area contributed by atoms with Gasteiger partial charge in [0.1, 0.15) is 0 Å². The Morgan fingerprint density at radius 1 is 0.759 bits per heavy atom. The van der Waals surface area contributed by atoms with Gasteiger partial charge < -0.3 is 9.64 Å². The van der Waals surface area contributed by atoms with Gasteiger partial charge in [0, 0.05) is 19.7 Å². The van der Waals surface area contributed by atoms with Crippen LogP contribution in [0.5, 0.6) is 0 Å². The van der Waals surface area contributed by atoms with Gasteiger partial charge in [-0.05, 0) is 27.6 Å². The average Bonchev–Trinajstić information content (AvgIpc) is 2.75. The van der Waals surface area contributed by atoms with Crippen molar-refractivity contribution in [3.8, 4) is 0 Å². The zero-order chi connectivity index (χ0) is 20.4. The van der Waals surface area contributed by atoms with Gasteiger partial charge in [0.2, 0.25) is 6.10 Å². The molecule has 0 radical (unpaired) electrons. The average molecular weight is 383 g/mol. The number of carbonyl (C=O) groups is 2. The van der Waals surface area contributed by atoms with Gasteiger partial charge in [-0.25, -0.2) is 4.79 Å². The van der Waals surface area contributed by atoms with Crippen molar-refractivity contribution in [1.29, 1.82) is 0 Å². The van der Waals surface area contributed by atoms with Crippen LogP contribution in [0.1, 0.15) is 22.0 Å². The van der Waals surface area contributed by atoms with Crippen molar-refractivity contribution in [2.75, 3.05) is 14.1 Å². The Morgan fingerprint density at radius 3 is 1.83 bits per heavy atom. The molecule has 1 atom stereocenters. The molecule has 1 amide bonds. The summed E-state index contributed by atoms with van der Waals surface area (Å²) in [5.74, 6) is -0.795. The molecule has 29 heavy (non-hydrogen) atoms. The van der Waals surface area contributed by atoms with Gasteiger partial charge in [0.05, 0.1) is 5.56 Å². The molecule has 0 aliphatic heterocycles. The van der Waals surface area contributed by atoms with E-state index in [1.165, 1.54) is 4.90 Å². The second-order valence-electron chi connectivity index (χ2n) is 7.12. The third kappa shape index (κ3) is 3.57. The predicted molar refractivity (Wildman–Crippen MR) is 115 cm³/mol. The second kappa shape index (κ2) is 7.76. The lowest BCUT2D eigenvalue weighted by molar-refractivity contribution is -0.138. The normalized spacial score (nSPS) is 11.9. The molecule has 4 aromatic rings. The molecule has 0 bridgehead atoms. The molecule has 0 aromatic heterocycles. The maximum atomic E-state index is 13.4. The standard InChI is InChI=1S/C25H21NO3/c1-26(2)24(27)23(17-10-4-3-5-11-17)29-25(28)22-20-14-8-6-12-18(20)16-19-13-7-9-15-21(19)22/h3-16,23H,1-2H3/t23-/m0/s1. The van der Waals surface area contributed by atoms with Crippen LogP contribution in [0.25, 0.3) is 21.5 Å². The number of hydrogen-bond donors (Lipinski definition) is 0. The Balaban J connectivity index is 1.84. The summed E-state index contributed by atoms with van der Waals surface area (Å²) in [5.41, 5.74) is 1.12. The number of hydrogen-bond acceptors (Lipinski definition) is 3. The van der Waals surface area contributed by atoms with E-state index in [9.17, 15) is 9.59 Å². The van der Waals surface area contributed by atoms with Crippen molar-refractivity contribution in [2.24, 2.45) is 0 Å². The van der Waals surface area contributed by atoms with Crippen LogP contribution in [0.15, 0.2) is 84.9 Å². The smallest absolute Gasteiger partial charge is 0.340 e. The minimum absolute atomic E-state index is 0.283. The summed E-state index contributed by atoms with van der Waals surface area (Å²) in [7, 11) is 3.30. The maximum absolute atomic E-state index is 13.4. The minimum atomic E-state index is -1.00. The lowest BCUT2D eigenvalue weighted by Crippen LogP contribution is -2.31. The molecule has 4 aromatic carbocycles. The molecule has 0 saturated carbocycles. The first-order chi connectivity index (χ1) is 14.1. The van der Waals surface area contributed by atoms with Crippen molar-refractivity contribution < 1.29 is 14.3 Å². The number of carbonyl (C=O) groups excluding carboxylic acids is 2. The van der Waals surface area contributed by atoms with Crippen LogP contribution in [0, 0.1) is 0 Å². The molecule has 0 aliphatic carbocycles. The number of ether oxygens (including phenoxy) is 1. The largest absolute Gasteiger partial charge is 0.444 e. The van der Waals surface area contributed by atoms with Crippen LogP contribution in [0.4, 0.5) is 0 Å². The van der Waals surface area contributed by atoms with E-state index in [2.05, 4.69) is 6.07 Å². The van der Waals surface area contributed by atoms with Gasteiger partial charge in [-0.2, -0.15) is 0 Å². The molecular formula is C25H21NO3. The third-order valence-corrected chi connectivity index (χ3v) is 4.97. The second-order valence-corrected chi connectivity index (χ2v) is 7.12. The van der Waals surface area contributed by atoms with Gasteiger partial charge in [0.25, 0.3) is 5.91 Å². The van der Waals surface area contributed by atoms with Crippen LogP contribution in [-0.4, -0.2) is 30.9 Å². The van der Waals surface area contributed by atoms with Gasteiger partial charge in [-0.3, -0.25) is 4.79 Å². The first-order valence-electron chi connectivity index (χ1n) is 9.44. The topological polar surface area (TPSA) is 46.6 Å². The van der Waals surface area contributed by atoms with Crippen LogP contribution >= 0.6 is 0 Å². The number of likely N-dealkylation sites (N-methyl/N-ethyl adjacent to an activating group) is 1. The van der Waals surface area contributed by atoms with E-state index < -0.39 is 12.1 Å². The highest BCUT2D eigenvalue weighted by atomic mass is 16.5. The number of esters is 1. The Kier molecular flexibility index (Phi) is 5.00. The van der Waals surface area contributed by atoms with Gasteiger partial charge in [-0.15, -0.1) is 0 Å². The molecule has 4 rings (SSSR count). The Morgan fingerprint density at radius 2 is 1.28 bits per heavy atom. The fourth-order valence-corrected chi connectivity index (χ4v) is 3.52. The molecule has 4 heteroatoms. The van der Waals surface area contributed by atoms with Crippen LogP contribution < -0.4 is 0 Å². The number of amides is 1. The quantitative estimate of drug-likeness (QED) is 0.369. The molecule has 0 spiro atoms. The summed E-state index contributed by atoms with van der Waals surface area (Å²) in [5, 5.41) is 3.52. The van der Waals surface area contributed by atoms with E-state index in [0.717, 1.165) is 21.5 Å². The van der Waals surface area contributed by atoms with Gasteiger partial charge >= 0.3 is 5.97 Å². The zero-order valence-electron chi connectivity index (χ0n) is 16.3. The minimum Gasteiger partial charge on any atom is -0.444 e. The highest BCUT2D eigenvalue weighted by Crippen LogP contribution is 2.31. The molecule has 4 nitrogen and oxygen atoms in total. The van der Waals surface area contributed by atoms with Crippen molar-refractivity contribution in [3.05, 3.63) is 96.1 Å². The molecule has 0 N–H and O–H groups in total. The molecular weight excluding hydrogens is 362 g/mol. The molecule has 0 aliphatic rings. The highest BCUT2D eigenvalue weighted by molar-refractivity contribution is 6.16. The SMILES string of the molecule is CN(C)C(=O)[C@@H](OC(=O)c1c2ccccc2cc2ccccc12)c1ccccc1. The summed E-state index contributed by atoms with van der Waals surface area (Å²) in [4.78, 5) is 27.6. The van der Waals surface area contributed by atoms with E-state index in [1.54, 1.807) is 26.2 Å². The lowest BCUT2D eigenvalue weighted by Gasteiger charge is -2.22. The summed E-state index contributed by atoms with van der Waals surface area (Å²) in [6, 6.07) is 26.6. The van der Waals surface area contributed by atoms with Crippen molar-refractivity contribution >= 4 is 33.4 Å². The van der Waals surface area contributed by atoms with Gasteiger partial charge in [0.15, 0.2) is 0 Å². The Hall–Kier alpha value is -3.66. The molecule has 144 valence electrons. The number of rotatable bonds is 4. The van der Waals surface area contributed by atoms with Crippen molar-refractivity contribution in [1.82, 2.24) is 4.90 Å². The molecule has 0 fully saturated rings. The predicted octanol–water partition coefficient (Wildman–Crippen LogP) is 4.98. The van der Waals surface area contributed by atoms with Crippen LogP contribution in [-0.2, 0) is 9.53 Å². The fraction of sp³-hybridized carbons (Fsp3) is 0.120. The summed E-state index contributed by atoms with van der Waals surface area (Å²) < 4.78 is 5.83. The first kappa shape index (κ1) is 18.7. The van der Waals surface area contributed by atoms with Gasteiger partial charge in [-0.1, -0.05) is 78.9 Å². The zero-order valence-corrected chi connectivity index (χ0v) is 16.3. The highest BCUT2D eigenvalue weighted by Gasteiger charge is 2.28. The number of benzene rings is 4. The monoisotopic (exact) mass is 383 g/mol. The number of nitrogens with zero attached hydrogens (tertiary/aromatic N) is 1. The summed E-state index contributed by atoms with van der Waals surface area (Å²) in [6.45, 7) is 0. The van der Waals surface area contributed by atoms with E-state index in [-0.39, 0.29) is 5.91 Å². The third-order valence-electron chi connectivity index (χ3n) is 4.97. The number of fused-ring (bicyclic) bond motifs is 2.